The molecule has 1 amide bonds. The first kappa shape index (κ1) is 10.8. The van der Waals surface area contributed by atoms with Gasteiger partial charge in [-0.3, -0.25) is 4.79 Å². The summed E-state index contributed by atoms with van der Waals surface area (Å²) in [7, 11) is 0. The minimum atomic E-state index is -0.402. The van der Waals surface area contributed by atoms with Gasteiger partial charge in [-0.2, -0.15) is 0 Å². The molecule has 1 N–H and O–H groups in total. The Labute approximate surface area is 84.4 Å². The lowest BCUT2D eigenvalue weighted by Crippen LogP contribution is -2.44. The fourth-order valence-electron chi connectivity index (χ4n) is 1.73. The van der Waals surface area contributed by atoms with Crippen LogP contribution in [-0.4, -0.2) is 41.9 Å². The molecule has 2 atom stereocenters. The summed E-state index contributed by atoms with van der Waals surface area (Å²) in [5.41, 5.74) is 0. The highest BCUT2D eigenvalue weighted by atomic mass is 35.5. The van der Waals surface area contributed by atoms with Gasteiger partial charge in [-0.05, 0) is 26.8 Å². The van der Waals surface area contributed by atoms with Crippen LogP contribution >= 0.6 is 11.6 Å². The highest BCUT2D eigenvalue weighted by Crippen LogP contribution is 2.11. The van der Waals surface area contributed by atoms with Gasteiger partial charge in [-0.1, -0.05) is 0 Å². The maximum Gasteiger partial charge on any atom is 0.240 e. The molecule has 0 radical (unpaired) electrons. The maximum absolute atomic E-state index is 11.6. The first-order valence-corrected chi connectivity index (χ1v) is 5.25. The number of alkyl halides is 1. The van der Waals surface area contributed by atoms with Gasteiger partial charge in [0.05, 0.1) is 0 Å². The minimum Gasteiger partial charge on any atom is -0.337 e. The van der Waals surface area contributed by atoms with Crippen molar-refractivity contribution < 1.29 is 4.79 Å². The molecule has 76 valence electrons. The Kier molecular flexibility index (Phi) is 4.00. The highest BCUT2D eigenvalue weighted by molar-refractivity contribution is 6.30. The van der Waals surface area contributed by atoms with Crippen LogP contribution in [0.1, 0.15) is 20.3 Å². The molecule has 0 saturated carbocycles. The van der Waals surface area contributed by atoms with E-state index < -0.39 is 5.38 Å². The van der Waals surface area contributed by atoms with Crippen LogP contribution in [0.2, 0.25) is 0 Å². The number of likely N-dealkylation sites (N-methyl/N-ethyl adjacent to an activating group) is 1. The van der Waals surface area contributed by atoms with Crippen LogP contribution < -0.4 is 5.32 Å². The predicted molar refractivity (Wildman–Crippen MR) is 54.0 cm³/mol. The van der Waals surface area contributed by atoms with E-state index in [9.17, 15) is 4.79 Å². The van der Waals surface area contributed by atoms with Gasteiger partial charge in [0.1, 0.15) is 5.38 Å². The number of nitrogens with zero attached hydrogens (tertiary/aromatic N) is 1. The largest absolute Gasteiger partial charge is 0.337 e. The van der Waals surface area contributed by atoms with E-state index in [-0.39, 0.29) is 5.91 Å². The number of rotatable bonds is 3. The summed E-state index contributed by atoms with van der Waals surface area (Å²) in [6.45, 7) is 6.39. The van der Waals surface area contributed by atoms with Crippen molar-refractivity contribution in [3.63, 3.8) is 0 Å². The average molecular weight is 205 g/mol. The van der Waals surface area contributed by atoms with Crippen LogP contribution in [0.3, 0.4) is 0 Å². The molecule has 0 bridgehead atoms. The van der Waals surface area contributed by atoms with Gasteiger partial charge in [0, 0.05) is 19.1 Å². The van der Waals surface area contributed by atoms with Gasteiger partial charge in [0.2, 0.25) is 5.91 Å². The molecule has 0 aromatic carbocycles. The summed E-state index contributed by atoms with van der Waals surface area (Å²) in [5.74, 6) is 0.0536. The van der Waals surface area contributed by atoms with Gasteiger partial charge in [0.15, 0.2) is 0 Å². The Morgan fingerprint density at radius 3 is 2.85 bits per heavy atom. The maximum atomic E-state index is 11.6. The first-order chi connectivity index (χ1) is 6.16. The predicted octanol–water partition coefficient (Wildman–Crippen LogP) is 0.824. The molecule has 0 spiro atoms. The Morgan fingerprint density at radius 2 is 2.46 bits per heavy atom. The van der Waals surface area contributed by atoms with Crippen LogP contribution in [0.4, 0.5) is 0 Å². The van der Waals surface area contributed by atoms with Crippen molar-refractivity contribution >= 4 is 17.5 Å². The topological polar surface area (TPSA) is 32.3 Å². The van der Waals surface area contributed by atoms with Crippen LogP contribution in [0, 0.1) is 0 Å². The number of carbonyl (C=O) groups excluding carboxylic acids is 1. The van der Waals surface area contributed by atoms with Crippen molar-refractivity contribution in [2.24, 2.45) is 0 Å². The van der Waals surface area contributed by atoms with Gasteiger partial charge in [-0.25, -0.2) is 0 Å². The SMILES string of the molecule is CCN(C(=O)C(C)Cl)C1CCNC1. The lowest BCUT2D eigenvalue weighted by molar-refractivity contribution is -0.132. The van der Waals surface area contributed by atoms with Crippen molar-refractivity contribution in [1.82, 2.24) is 10.2 Å². The molecule has 0 aromatic heterocycles. The normalized spacial score (nSPS) is 24.4. The van der Waals surface area contributed by atoms with Crippen molar-refractivity contribution in [1.29, 1.82) is 0 Å². The molecule has 4 heteroatoms. The highest BCUT2D eigenvalue weighted by Gasteiger charge is 2.27. The second kappa shape index (κ2) is 4.82. The molecule has 1 heterocycles. The molecule has 1 aliphatic rings. The monoisotopic (exact) mass is 204 g/mol. The fraction of sp³-hybridized carbons (Fsp3) is 0.889. The Bertz CT molecular complexity index is 178. The Hall–Kier alpha value is -0.280. The van der Waals surface area contributed by atoms with Crippen LogP contribution in [0.15, 0.2) is 0 Å². The smallest absolute Gasteiger partial charge is 0.240 e. The van der Waals surface area contributed by atoms with Gasteiger partial charge < -0.3 is 10.2 Å². The Morgan fingerprint density at radius 1 is 1.77 bits per heavy atom. The number of nitrogens with one attached hydrogen (secondary N) is 1. The standard InChI is InChI=1S/C9H17ClN2O/c1-3-12(9(13)7(2)10)8-4-5-11-6-8/h7-8,11H,3-6H2,1-2H3. The second-order valence-electron chi connectivity index (χ2n) is 3.39. The number of hydrogen-bond acceptors (Lipinski definition) is 2. The van der Waals surface area contributed by atoms with E-state index in [1.165, 1.54) is 0 Å². The molecular weight excluding hydrogens is 188 g/mol. The molecule has 0 aromatic rings. The molecule has 1 fully saturated rings. The van der Waals surface area contributed by atoms with E-state index in [2.05, 4.69) is 5.32 Å². The van der Waals surface area contributed by atoms with E-state index in [0.717, 1.165) is 26.1 Å². The van der Waals surface area contributed by atoms with Crippen molar-refractivity contribution in [3.05, 3.63) is 0 Å². The lowest BCUT2D eigenvalue weighted by Gasteiger charge is -2.28. The number of hydrogen-bond donors (Lipinski definition) is 1. The summed E-state index contributed by atoms with van der Waals surface area (Å²) >= 11 is 5.77. The van der Waals surface area contributed by atoms with Gasteiger partial charge >= 0.3 is 0 Å². The Balaban J connectivity index is 2.55. The van der Waals surface area contributed by atoms with Crippen LogP contribution in [0.25, 0.3) is 0 Å². The van der Waals surface area contributed by atoms with Crippen molar-refractivity contribution in [3.8, 4) is 0 Å². The van der Waals surface area contributed by atoms with Gasteiger partial charge in [-0.15, -0.1) is 11.6 Å². The van der Waals surface area contributed by atoms with E-state index in [1.807, 2.05) is 11.8 Å². The van der Waals surface area contributed by atoms with Gasteiger partial charge in [0.25, 0.3) is 0 Å². The fourth-order valence-corrected chi connectivity index (χ4v) is 1.85. The molecule has 3 nitrogen and oxygen atoms in total. The molecule has 1 aliphatic heterocycles. The summed E-state index contributed by atoms with van der Waals surface area (Å²) < 4.78 is 0. The third-order valence-corrected chi connectivity index (χ3v) is 2.63. The third kappa shape index (κ3) is 2.58. The molecule has 1 rings (SSSR count). The number of carbonyl (C=O) groups is 1. The number of halogens is 1. The number of amides is 1. The minimum absolute atomic E-state index is 0.0536. The molecule has 13 heavy (non-hydrogen) atoms. The van der Waals surface area contributed by atoms with Crippen LogP contribution in [-0.2, 0) is 4.79 Å². The lowest BCUT2D eigenvalue weighted by atomic mass is 10.2. The summed E-state index contributed by atoms with van der Waals surface area (Å²) in [5, 5.41) is 2.84. The average Bonchev–Trinajstić information content (AvgIpc) is 2.58. The van der Waals surface area contributed by atoms with E-state index >= 15 is 0 Å². The molecule has 0 aliphatic carbocycles. The van der Waals surface area contributed by atoms with Crippen molar-refractivity contribution in [2.75, 3.05) is 19.6 Å². The summed E-state index contributed by atoms with van der Waals surface area (Å²) in [4.78, 5) is 13.5. The second-order valence-corrected chi connectivity index (χ2v) is 4.04. The molecule has 2 unspecified atom stereocenters. The third-order valence-electron chi connectivity index (χ3n) is 2.44. The van der Waals surface area contributed by atoms with E-state index in [0.29, 0.717) is 6.04 Å². The first-order valence-electron chi connectivity index (χ1n) is 4.82. The molecular formula is C9H17ClN2O. The molecule has 1 saturated heterocycles. The van der Waals surface area contributed by atoms with E-state index in [4.69, 9.17) is 11.6 Å². The quantitative estimate of drug-likeness (QED) is 0.691. The van der Waals surface area contributed by atoms with Crippen LogP contribution in [0.5, 0.6) is 0 Å². The van der Waals surface area contributed by atoms with Crippen molar-refractivity contribution in [2.45, 2.75) is 31.7 Å². The zero-order valence-corrected chi connectivity index (χ0v) is 8.97. The van der Waals surface area contributed by atoms with E-state index in [1.54, 1.807) is 6.92 Å². The zero-order valence-electron chi connectivity index (χ0n) is 8.22. The summed E-state index contributed by atoms with van der Waals surface area (Å²) in [6.07, 6.45) is 1.04. The zero-order chi connectivity index (χ0) is 9.84. The summed E-state index contributed by atoms with van der Waals surface area (Å²) in [6, 6.07) is 0.346.